The lowest BCUT2D eigenvalue weighted by molar-refractivity contribution is -0.130. The highest BCUT2D eigenvalue weighted by Crippen LogP contribution is 2.35. The first-order chi connectivity index (χ1) is 17.3. The fourth-order valence-electron chi connectivity index (χ4n) is 4.87. The Kier molecular flexibility index (Phi) is 8.05. The Labute approximate surface area is 210 Å². The number of furan rings is 1. The summed E-state index contributed by atoms with van der Waals surface area (Å²) in [7, 11) is 0. The molecule has 2 aliphatic rings. The van der Waals surface area contributed by atoms with Crippen LogP contribution < -0.4 is 4.74 Å². The van der Waals surface area contributed by atoms with E-state index in [9.17, 15) is 4.79 Å². The van der Waals surface area contributed by atoms with E-state index in [-0.39, 0.29) is 5.91 Å². The lowest BCUT2D eigenvalue weighted by atomic mass is 9.95. The van der Waals surface area contributed by atoms with Gasteiger partial charge in [-0.1, -0.05) is 49.2 Å². The first-order valence-electron chi connectivity index (χ1n) is 12.6. The molecule has 3 aromatic rings. The molecule has 5 rings (SSSR count). The van der Waals surface area contributed by atoms with E-state index in [0.29, 0.717) is 18.4 Å². The second-order valence-electron chi connectivity index (χ2n) is 9.12. The number of piperazine rings is 1. The molecule has 9 heteroatoms. The zero-order valence-corrected chi connectivity index (χ0v) is 20.9. The number of hydrogen-bond acceptors (Lipinski definition) is 7. The lowest BCUT2D eigenvalue weighted by Gasteiger charge is -2.34. The molecule has 0 N–H and O–H groups in total. The predicted molar refractivity (Wildman–Crippen MR) is 136 cm³/mol. The Hall–Kier alpha value is -2.78. The van der Waals surface area contributed by atoms with Gasteiger partial charge in [-0.3, -0.25) is 14.3 Å². The van der Waals surface area contributed by atoms with E-state index in [0.717, 1.165) is 68.1 Å². The van der Waals surface area contributed by atoms with Gasteiger partial charge in [0.2, 0.25) is 11.7 Å². The van der Waals surface area contributed by atoms with Crippen molar-refractivity contribution < 1.29 is 13.9 Å². The van der Waals surface area contributed by atoms with Crippen molar-refractivity contribution in [3.63, 3.8) is 0 Å². The molecule has 0 atom stereocenters. The summed E-state index contributed by atoms with van der Waals surface area (Å²) in [6.07, 6.45) is 7.60. The van der Waals surface area contributed by atoms with Crippen LogP contribution in [0.4, 0.5) is 0 Å². The number of nitrogens with zero attached hydrogens (tertiary/aromatic N) is 5. The van der Waals surface area contributed by atoms with Crippen LogP contribution in [0.5, 0.6) is 5.75 Å². The van der Waals surface area contributed by atoms with E-state index in [1.54, 1.807) is 6.26 Å². The Morgan fingerprint density at radius 2 is 1.80 bits per heavy atom. The van der Waals surface area contributed by atoms with Crippen LogP contribution >= 0.6 is 11.8 Å². The van der Waals surface area contributed by atoms with Crippen LogP contribution in [0.1, 0.15) is 38.1 Å². The molecule has 35 heavy (non-hydrogen) atoms. The van der Waals surface area contributed by atoms with E-state index in [1.165, 1.54) is 31.0 Å². The van der Waals surface area contributed by atoms with Gasteiger partial charge in [0.05, 0.1) is 12.0 Å². The number of thioether (sulfide) groups is 1. The van der Waals surface area contributed by atoms with Gasteiger partial charge in [0.15, 0.2) is 10.9 Å². The highest BCUT2D eigenvalue weighted by Gasteiger charge is 2.27. The topological polar surface area (TPSA) is 76.6 Å². The summed E-state index contributed by atoms with van der Waals surface area (Å²) in [6.45, 7) is 4.76. The number of benzene rings is 1. The van der Waals surface area contributed by atoms with Crippen LogP contribution in [0.2, 0.25) is 0 Å². The zero-order chi connectivity index (χ0) is 23.9. The number of amides is 1. The van der Waals surface area contributed by atoms with Crippen molar-refractivity contribution in [2.75, 3.05) is 45.1 Å². The maximum absolute atomic E-state index is 13.0. The molecule has 2 fully saturated rings. The van der Waals surface area contributed by atoms with Gasteiger partial charge in [-0.15, -0.1) is 10.2 Å². The molecule has 2 aromatic heterocycles. The molecule has 0 radical (unpaired) electrons. The molecule has 0 unspecified atom stereocenters. The molecule has 1 aliphatic heterocycles. The number of carbonyl (C=O) groups excluding carboxylic acids is 1. The molecule has 1 saturated carbocycles. The largest absolute Gasteiger partial charge is 0.492 e. The number of rotatable bonds is 9. The second-order valence-corrected chi connectivity index (χ2v) is 10.1. The van der Waals surface area contributed by atoms with Crippen LogP contribution in [-0.4, -0.2) is 75.6 Å². The van der Waals surface area contributed by atoms with Gasteiger partial charge in [0.25, 0.3) is 0 Å². The van der Waals surface area contributed by atoms with E-state index >= 15 is 0 Å². The summed E-state index contributed by atoms with van der Waals surface area (Å²) >= 11 is 1.50. The first-order valence-corrected chi connectivity index (χ1v) is 13.6. The minimum Gasteiger partial charge on any atom is -0.492 e. The number of aromatic nitrogens is 3. The van der Waals surface area contributed by atoms with E-state index in [1.807, 2.05) is 47.4 Å². The summed E-state index contributed by atoms with van der Waals surface area (Å²) in [4.78, 5) is 17.3. The van der Waals surface area contributed by atoms with Crippen molar-refractivity contribution in [3.05, 3.63) is 48.7 Å². The van der Waals surface area contributed by atoms with Crippen molar-refractivity contribution in [1.29, 1.82) is 0 Å². The summed E-state index contributed by atoms with van der Waals surface area (Å²) < 4.78 is 13.6. The first kappa shape index (κ1) is 23.9. The van der Waals surface area contributed by atoms with Crippen LogP contribution in [-0.2, 0) is 4.79 Å². The summed E-state index contributed by atoms with van der Waals surface area (Å²) in [5.74, 6) is 2.93. The third kappa shape index (κ3) is 6.08. The van der Waals surface area contributed by atoms with Crippen molar-refractivity contribution in [3.8, 4) is 17.3 Å². The molecule has 1 aliphatic carbocycles. The summed E-state index contributed by atoms with van der Waals surface area (Å²) in [5.41, 5.74) is 0. The van der Waals surface area contributed by atoms with Crippen LogP contribution in [0.3, 0.4) is 0 Å². The third-order valence-electron chi connectivity index (χ3n) is 6.82. The monoisotopic (exact) mass is 495 g/mol. The molecular formula is C26H33N5O3S. The minimum atomic E-state index is 0.160. The van der Waals surface area contributed by atoms with Crippen LogP contribution in [0, 0.1) is 0 Å². The number of carbonyl (C=O) groups is 1. The molecule has 186 valence electrons. The zero-order valence-electron chi connectivity index (χ0n) is 20.1. The molecule has 8 nitrogen and oxygen atoms in total. The average Bonchev–Trinajstić information content (AvgIpc) is 3.59. The fraction of sp³-hybridized carbons (Fsp3) is 0.500. The normalized spacial score (nSPS) is 17.5. The van der Waals surface area contributed by atoms with E-state index < -0.39 is 0 Å². The Bertz CT molecular complexity index is 1060. The van der Waals surface area contributed by atoms with Crippen LogP contribution in [0.25, 0.3) is 11.6 Å². The molecule has 1 aromatic carbocycles. The second kappa shape index (κ2) is 11.8. The summed E-state index contributed by atoms with van der Waals surface area (Å²) in [5, 5.41) is 9.71. The van der Waals surface area contributed by atoms with Gasteiger partial charge in [0, 0.05) is 38.8 Å². The molecular weight excluding hydrogens is 462 g/mol. The predicted octanol–water partition coefficient (Wildman–Crippen LogP) is 4.36. The Morgan fingerprint density at radius 1 is 1.00 bits per heavy atom. The van der Waals surface area contributed by atoms with E-state index in [4.69, 9.17) is 9.15 Å². The van der Waals surface area contributed by atoms with Gasteiger partial charge in [-0.25, -0.2) is 0 Å². The molecule has 0 spiro atoms. The van der Waals surface area contributed by atoms with Crippen LogP contribution in [0.15, 0.2) is 58.3 Å². The van der Waals surface area contributed by atoms with Gasteiger partial charge in [-0.05, 0) is 37.1 Å². The highest BCUT2D eigenvalue weighted by atomic mass is 32.2. The third-order valence-corrected chi connectivity index (χ3v) is 7.74. The van der Waals surface area contributed by atoms with Crippen molar-refractivity contribution >= 4 is 17.7 Å². The van der Waals surface area contributed by atoms with Crippen molar-refractivity contribution in [2.24, 2.45) is 0 Å². The Balaban J connectivity index is 1.12. The number of para-hydroxylation sites is 1. The Morgan fingerprint density at radius 3 is 2.54 bits per heavy atom. The molecule has 1 amide bonds. The fourth-order valence-corrected chi connectivity index (χ4v) is 5.77. The number of hydrogen-bond donors (Lipinski definition) is 0. The van der Waals surface area contributed by atoms with Crippen molar-refractivity contribution in [2.45, 2.75) is 43.3 Å². The maximum atomic E-state index is 13.0. The standard InChI is InChI=1S/C26H33N5O3S/c32-24(30-15-13-29(14-16-30)17-19-33-22-10-5-2-6-11-22)20-35-26-28-27-25(23-12-7-18-34-23)31(26)21-8-3-1-4-9-21/h2,5-7,10-12,18,21H,1,3-4,8-9,13-17,19-20H2. The van der Waals surface area contributed by atoms with Crippen molar-refractivity contribution in [1.82, 2.24) is 24.6 Å². The van der Waals surface area contributed by atoms with Gasteiger partial charge in [-0.2, -0.15) is 0 Å². The lowest BCUT2D eigenvalue weighted by Crippen LogP contribution is -2.50. The maximum Gasteiger partial charge on any atom is 0.233 e. The van der Waals surface area contributed by atoms with Gasteiger partial charge in [0.1, 0.15) is 12.4 Å². The quantitative estimate of drug-likeness (QED) is 0.408. The summed E-state index contributed by atoms with van der Waals surface area (Å²) in [6, 6.07) is 14.0. The SMILES string of the molecule is O=C(CSc1nnc(-c2ccco2)n1C1CCCCC1)N1CCN(CCOc2ccccc2)CC1. The molecule has 3 heterocycles. The smallest absolute Gasteiger partial charge is 0.233 e. The highest BCUT2D eigenvalue weighted by molar-refractivity contribution is 7.99. The number of ether oxygens (including phenoxy) is 1. The molecule has 0 bridgehead atoms. The van der Waals surface area contributed by atoms with Gasteiger partial charge >= 0.3 is 0 Å². The van der Waals surface area contributed by atoms with Gasteiger partial charge < -0.3 is 14.1 Å². The minimum absolute atomic E-state index is 0.160. The average molecular weight is 496 g/mol. The van der Waals surface area contributed by atoms with E-state index in [2.05, 4.69) is 19.7 Å². The molecule has 1 saturated heterocycles.